The molecule has 0 N–H and O–H groups in total. The Hall–Kier alpha value is -2.79. The van der Waals surface area contributed by atoms with Gasteiger partial charge >= 0.3 is 0 Å². The van der Waals surface area contributed by atoms with Crippen molar-refractivity contribution < 1.29 is 13.9 Å². The molecule has 2 saturated heterocycles. The Morgan fingerprint density at radius 1 is 1.03 bits per heavy atom. The van der Waals surface area contributed by atoms with E-state index in [2.05, 4.69) is 11.1 Å². The molecule has 5 rings (SSSR count). The van der Waals surface area contributed by atoms with Gasteiger partial charge in [-0.3, -0.25) is 9.78 Å². The first-order chi connectivity index (χ1) is 15.2. The molecule has 1 aromatic heterocycles. The third-order valence-corrected chi connectivity index (χ3v) is 6.62. The van der Waals surface area contributed by atoms with Gasteiger partial charge in [-0.05, 0) is 54.9 Å². The largest absolute Gasteiger partial charge is 0.368 e. The molecule has 2 aromatic carbocycles. The van der Waals surface area contributed by atoms with Crippen LogP contribution in [0.4, 0.5) is 4.39 Å². The number of para-hydroxylation sites is 1. The first-order valence-electron chi connectivity index (χ1n) is 11.2. The number of amides is 1. The molecule has 2 aliphatic heterocycles. The predicted molar refractivity (Wildman–Crippen MR) is 119 cm³/mol. The number of hydrogen-bond acceptors (Lipinski definition) is 3. The highest BCUT2D eigenvalue weighted by atomic mass is 19.1. The Kier molecular flexibility index (Phi) is 5.68. The molecular weight excluding hydrogens is 391 g/mol. The first kappa shape index (κ1) is 20.1. The number of likely N-dealkylation sites (tertiary alicyclic amines) is 1. The molecule has 4 nitrogen and oxygen atoms in total. The lowest BCUT2D eigenvalue weighted by molar-refractivity contribution is -0.142. The molecule has 2 aliphatic rings. The van der Waals surface area contributed by atoms with E-state index in [9.17, 15) is 4.79 Å². The van der Waals surface area contributed by atoms with Crippen molar-refractivity contribution in [2.24, 2.45) is 5.92 Å². The number of carbonyl (C=O) groups excluding carboxylic acids is 1. The second-order valence-corrected chi connectivity index (χ2v) is 8.60. The Morgan fingerprint density at radius 3 is 2.55 bits per heavy atom. The van der Waals surface area contributed by atoms with Crippen LogP contribution in [0.25, 0.3) is 22.0 Å². The summed E-state index contributed by atoms with van der Waals surface area (Å²) >= 11 is 0. The smallest absolute Gasteiger partial charge is 0.251 e. The summed E-state index contributed by atoms with van der Waals surface area (Å²) < 4.78 is 20.8. The minimum Gasteiger partial charge on any atom is -0.368 e. The van der Waals surface area contributed by atoms with Crippen molar-refractivity contribution in [3.8, 4) is 11.1 Å². The van der Waals surface area contributed by atoms with Crippen LogP contribution in [0, 0.1) is 5.92 Å². The van der Waals surface area contributed by atoms with E-state index < -0.39 is 6.17 Å². The Labute approximate surface area is 182 Å². The maximum absolute atomic E-state index is 15.3. The number of pyridine rings is 1. The highest BCUT2D eigenvalue weighted by molar-refractivity contribution is 5.83. The topological polar surface area (TPSA) is 42.4 Å². The second kappa shape index (κ2) is 8.75. The number of nitrogens with zero attached hydrogens (tertiary/aromatic N) is 2. The molecule has 0 radical (unpaired) electrons. The van der Waals surface area contributed by atoms with E-state index in [1.807, 2.05) is 59.6 Å². The molecule has 2 atom stereocenters. The molecule has 3 heterocycles. The zero-order valence-electron chi connectivity index (χ0n) is 17.5. The van der Waals surface area contributed by atoms with Gasteiger partial charge in [0.05, 0.1) is 5.52 Å². The number of aromatic nitrogens is 1. The van der Waals surface area contributed by atoms with E-state index in [0.29, 0.717) is 38.1 Å². The Bertz CT molecular complexity index is 1050. The van der Waals surface area contributed by atoms with Gasteiger partial charge in [-0.1, -0.05) is 42.5 Å². The van der Waals surface area contributed by atoms with E-state index in [1.165, 1.54) is 0 Å². The molecule has 1 unspecified atom stereocenters. The molecular formula is C26H27FN2O2. The summed E-state index contributed by atoms with van der Waals surface area (Å²) in [6, 6.07) is 17.9. The molecule has 5 heteroatoms. The van der Waals surface area contributed by atoms with Crippen LogP contribution in [0.1, 0.15) is 37.4 Å². The SMILES string of the molecule is O=C(C1CCCO1)N1CCC([C@@H](F)c2ccc(-c3cnc4ccccc4c3)cc2)CC1. The number of fused-ring (bicyclic) bond motifs is 1. The molecule has 0 saturated carbocycles. The predicted octanol–water partition coefficient (Wildman–Crippen LogP) is 5.33. The maximum atomic E-state index is 15.3. The van der Waals surface area contributed by atoms with Crippen LogP contribution in [-0.2, 0) is 9.53 Å². The molecule has 1 amide bonds. The average Bonchev–Trinajstić information content (AvgIpc) is 3.38. The third kappa shape index (κ3) is 4.19. The van der Waals surface area contributed by atoms with E-state index >= 15 is 4.39 Å². The van der Waals surface area contributed by atoms with Crippen molar-refractivity contribution in [2.45, 2.75) is 38.0 Å². The molecule has 2 fully saturated rings. The minimum absolute atomic E-state index is 0.0540. The monoisotopic (exact) mass is 418 g/mol. The van der Waals surface area contributed by atoms with Crippen molar-refractivity contribution >= 4 is 16.8 Å². The number of alkyl halides is 1. The van der Waals surface area contributed by atoms with Gasteiger partial charge in [0.15, 0.2) is 0 Å². The molecule has 3 aromatic rings. The fourth-order valence-electron chi connectivity index (χ4n) is 4.75. The van der Waals surface area contributed by atoms with Crippen LogP contribution in [-0.4, -0.2) is 41.6 Å². The highest BCUT2D eigenvalue weighted by Crippen LogP contribution is 2.35. The summed E-state index contributed by atoms with van der Waals surface area (Å²) in [4.78, 5) is 18.9. The van der Waals surface area contributed by atoms with Gasteiger partial charge in [0.2, 0.25) is 0 Å². The van der Waals surface area contributed by atoms with Crippen LogP contribution < -0.4 is 0 Å². The summed E-state index contributed by atoms with van der Waals surface area (Å²) in [5.74, 6) is 0.0291. The fourth-order valence-corrected chi connectivity index (χ4v) is 4.75. The van der Waals surface area contributed by atoms with Gasteiger partial charge in [0, 0.05) is 36.8 Å². The first-order valence-corrected chi connectivity index (χ1v) is 11.2. The Morgan fingerprint density at radius 2 is 1.81 bits per heavy atom. The zero-order chi connectivity index (χ0) is 21.2. The Balaban J connectivity index is 1.23. The maximum Gasteiger partial charge on any atom is 0.251 e. The lowest BCUT2D eigenvalue weighted by Gasteiger charge is -2.34. The molecule has 0 aliphatic carbocycles. The molecule has 0 bridgehead atoms. The van der Waals surface area contributed by atoms with Gasteiger partial charge in [-0.2, -0.15) is 0 Å². The standard InChI is InChI=1S/C26H27FN2O2/c27-25(20-11-13-29(14-12-20)26(30)24-6-3-15-31-24)19-9-7-18(8-10-19)22-16-21-4-1-2-5-23(21)28-17-22/h1-2,4-5,7-10,16-17,20,24-25H,3,6,11-15H2/t24?,25-/m0/s1. The summed E-state index contributed by atoms with van der Waals surface area (Å²) in [6.45, 7) is 1.90. The van der Waals surface area contributed by atoms with Gasteiger partial charge in [0.25, 0.3) is 5.91 Å². The van der Waals surface area contributed by atoms with E-state index in [0.717, 1.165) is 34.9 Å². The summed E-state index contributed by atoms with van der Waals surface area (Å²) in [7, 11) is 0. The zero-order valence-corrected chi connectivity index (χ0v) is 17.5. The average molecular weight is 419 g/mol. The summed E-state index contributed by atoms with van der Waals surface area (Å²) in [5.41, 5.74) is 3.74. The highest BCUT2D eigenvalue weighted by Gasteiger charge is 2.33. The van der Waals surface area contributed by atoms with Crippen LogP contribution in [0.15, 0.2) is 60.8 Å². The van der Waals surface area contributed by atoms with Crippen molar-refractivity contribution in [3.63, 3.8) is 0 Å². The molecule has 31 heavy (non-hydrogen) atoms. The van der Waals surface area contributed by atoms with E-state index in [4.69, 9.17) is 4.74 Å². The van der Waals surface area contributed by atoms with Gasteiger partial charge < -0.3 is 9.64 Å². The quantitative estimate of drug-likeness (QED) is 0.575. The van der Waals surface area contributed by atoms with Gasteiger partial charge in [0.1, 0.15) is 12.3 Å². The van der Waals surface area contributed by atoms with Crippen LogP contribution in [0.5, 0.6) is 0 Å². The number of rotatable bonds is 4. The van der Waals surface area contributed by atoms with Crippen LogP contribution in [0.3, 0.4) is 0 Å². The van der Waals surface area contributed by atoms with E-state index in [-0.39, 0.29) is 17.9 Å². The number of ether oxygens (including phenoxy) is 1. The normalized spacial score (nSPS) is 20.8. The number of piperidine rings is 1. The van der Waals surface area contributed by atoms with Crippen molar-refractivity contribution in [3.05, 3.63) is 66.4 Å². The lowest BCUT2D eigenvalue weighted by atomic mass is 9.87. The third-order valence-electron chi connectivity index (χ3n) is 6.62. The van der Waals surface area contributed by atoms with Gasteiger partial charge in [-0.25, -0.2) is 4.39 Å². The number of benzene rings is 2. The minimum atomic E-state index is -1.01. The number of halogens is 1. The fraction of sp³-hybridized carbons (Fsp3) is 0.385. The van der Waals surface area contributed by atoms with Crippen molar-refractivity contribution in [1.82, 2.24) is 9.88 Å². The van der Waals surface area contributed by atoms with Crippen molar-refractivity contribution in [2.75, 3.05) is 19.7 Å². The molecule has 0 spiro atoms. The second-order valence-electron chi connectivity index (χ2n) is 8.60. The van der Waals surface area contributed by atoms with Gasteiger partial charge in [-0.15, -0.1) is 0 Å². The van der Waals surface area contributed by atoms with Crippen LogP contribution in [0.2, 0.25) is 0 Å². The summed E-state index contributed by atoms with van der Waals surface area (Å²) in [6.07, 6.45) is 3.71. The van der Waals surface area contributed by atoms with Crippen molar-refractivity contribution in [1.29, 1.82) is 0 Å². The summed E-state index contributed by atoms with van der Waals surface area (Å²) in [5, 5.41) is 1.09. The number of hydrogen-bond donors (Lipinski definition) is 0. The van der Waals surface area contributed by atoms with E-state index in [1.54, 1.807) is 0 Å². The number of carbonyl (C=O) groups is 1. The lowest BCUT2D eigenvalue weighted by Crippen LogP contribution is -2.44. The molecule has 160 valence electrons. The van der Waals surface area contributed by atoms with Crippen LogP contribution >= 0.6 is 0 Å².